The number of hydrogen-bond donors (Lipinski definition) is 1. The molecule has 1 aliphatic heterocycles. The molecule has 7 heteroatoms. The summed E-state index contributed by atoms with van der Waals surface area (Å²) in [5, 5.41) is 3.11. The zero-order chi connectivity index (χ0) is 20.4. The molecule has 2 aromatic rings. The predicted molar refractivity (Wildman–Crippen MR) is 108 cm³/mol. The van der Waals surface area contributed by atoms with E-state index in [2.05, 4.69) is 5.32 Å². The minimum Gasteiger partial charge on any atom is -0.497 e. The summed E-state index contributed by atoms with van der Waals surface area (Å²) in [6.07, 6.45) is 3.59. The highest BCUT2D eigenvalue weighted by molar-refractivity contribution is 5.94. The van der Waals surface area contributed by atoms with Crippen molar-refractivity contribution in [2.24, 2.45) is 0 Å². The molecule has 1 aliphatic carbocycles. The van der Waals surface area contributed by atoms with Crippen LogP contribution in [0.2, 0.25) is 0 Å². The molecule has 0 saturated heterocycles. The zero-order valence-corrected chi connectivity index (χ0v) is 16.9. The lowest BCUT2D eigenvalue weighted by molar-refractivity contribution is -0.123. The SMILES string of the molecule is COCCN1C(=O)c2cccn2CC1CNC(=O)C1(c2ccc(OC)cc2)CC1. The number of aromatic nitrogens is 1. The average Bonchev–Trinajstić information content (AvgIpc) is 3.42. The molecule has 1 fully saturated rings. The van der Waals surface area contributed by atoms with Crippen molar-refractivity contribution in [3.05, 3.63) is 53.9 Å². The Balaban J connectivity index is 1.45. The fraction of sp³-hybridized carbons (Fsp3) is 0.455. The number of benzene rings is 1. The molecular formula is C22H27N3O4. The summed E-state index contributed by atoms with van der Waals surface area (Å²) in [7, 11) is 3.26. The number of rotatable bonds is 8. The van der Waals surface area contributed by atoms with Gasteiger partial charge in [0.25, 0.3) is 5.91 Å². The highest BCUT2D eigenvalue weighted by Crippen LogP contribution is 2.48. The van der Waals surface area contributed by atoms with Crippen molar-refractivity contribution in [3.8, 4) is 5.75 Å². The van der Waals surface area contributed by atoms with Gasteiger partial charge in [-0.05, 0) is 42.7 Å². The van der Waals surface area contributed by atoms with E-state index in [0.717, 1.165) is 24.2 Å². The Labute approximate surface area is 170 Å². The lowest BCUT2D eigenvalue weighted by atomic mass is 9.94. The smallest absolute Gasteiger partial charge is 0.270 e. The molecule has 1 N–H and O–H groups in total. The van der Waals surface area contributed by atoms with Crippen molar-refractivity contribution in [2.75, 3.05) is 33.9 Å². The molecule has 0 radical (unpaired) electrons. The van der Waals surface area contributed by atoms with Crippen LogP contribution >= 0.6 is 0 Å². The Morgan fingerprint density at radius 3 is 2.62 bits per heavy atom. The number of carbonyl (C=O) groups excluding carboxylic acids is 2. The second kappa shape index (κ2) is 7.91. The lowest BCUT2D eigenvalue weighted by Crippen LogP contribution is -2.54. The Morgan fingerprint density at radius 1 is 1.21 bits per heavy atom. The number of methoxy groups -OCH3 is 2. The van der Waals surface area contributed by atoms with Crippen LogP contribution in [-0.4, -0.2) is 61.2 Å². The molecule has 29 heavy (non-hydrogen) atoms. The normalized spacial score (nSPS) is 19.6. The molecule has 2 amide bonds. The van der Waals surface area contributed by atoms with Gasteiger partial charge >= 0.3 is 0 Å². The number of hydrogen-bond acceptors (Lipinski definition) is 4. The monoisotopic (exact) mass is 397 g/mol. The molecule has 1 atom stereocenters. The summed E-state index contributed by atoms with van der Waals surface area (Å²) < 4.78 is 12.4. The van der Waals surface area contributed by atoms with Crippen LogP contribution in [-0.2, 0) is 21.5 Å². The molecule has 7 nitrogen and oxygen atoms in total. The molecule has 1 unspecified atom stereocenters. The largest absolute Gasteiger partial charge is 0.497 e. The van der Waals surface area contributed by atoms with E-state index in [1.807, 2.05) is 52.1 Å². The van der Waals surface area contributed by atoms with Crippen LogP contribution < -0.4 is 10.1 Å². The molecule has 2 aliphatic rings. The number of ether oxygens (including phenoxy) is 2. The predicted octanol–water partition coefficient (Wildman–Crippen LogP) is 1.82. The molecule has 1 aromatic carbocycles. The maximum Gasteiger partial charge on any atom is 0.270 e. The van der Waals surface area contributed by atoms with Crippen molar-refractivity contribution in [3.63, 3.8) is 0 Å². The van der Waals surface area contributed by atoms with Crippen molar-refractivity contribution in [1.29, 1.82) is 0 Å². The van der Waals surface area contributed by atoms with Crippen LogP contribution in [0.1, 0.15) is 28.9 Å². The van der Waals surface area contributed by atoms with Crippen LogP contribution in [0.4, 0.5) is 0 Å². The first-order valence-corrected chi connectivity index (χ1v) is 9.97. The third-order valence-corrected chi connectivity index (χ3v) is 6.02. The number of amides is 2. The van der Waals surface area contributed by atoms with Gasteiger partial charge in [-0.25, -0.2) is 0 Å². The highest BCUT2D eigenvalue weighted by Gasteiger charge is 2.51. The van der Waals surface area contributed by atoms with Gasteiger partial charge in [0, 0.05) is 32.9 Å². The van der Waals surface area contributed by atoms with E-state index in [0.29, 0.717) is 31.9 Å². The van der Waals surface area contributed by atoms with E-state index in [-0.39, 0.29) is 17.9 Å². The van der Waals surface area contributed by atoms with Crippen LogP contribution in [0.15, 0.2) is 42.6 Å². The van der Waals surface area contributed by atoms with E-state index < -0.39 is 5.41 Å². The van der Waals surface area contributed by atoms with Gasteiger partial charge in [0.2, 0.25) is 5.91 Å². The van der Waals surface area contributed by atoms with Gasteiger partial charge in [-0.3, -0.25) is 9.59 Å². The van der Waals surface area contributed by atoms with E-state index in [4.69, 9.17) is 9.47 Å². The standard InChI is InChI=1S/C22H27N3O4/c1-28-13-12-25-17(15-24-11-3-4-19(24)20(25)26)14-23-21(27)22(9-10-22)16-5-7-18(29-2)8-6-16/h3-8,11,17H,9-10,12-15H2,1-2H3,(H,23,27). The van der Waals surface area contributed by atoms with Crippen LogP contribution in [0, 0.1) is 0 Å². The summed E-state index contributed by atoms with van der Waals surface area (Å²) in [4.78, 5) is 27.7. The van der Waals surface area contributed by atoms with Gasteiger partial charge in [-0.1, -0.05) is 12.1 Å². The van der Waals surface area contributed by atoms with E-state index >= 15 is 0 Å². The van der Waals surface area contributed by atoms with Gasteiger partial charge < -0.3 is 24.3 Å². The third kappa shape index (κ3) is 3.62. The Kier molecular flexibility index (Phi) is 5.32. The summed E-state index contributed by atoms with van der Waals surface area (Å²) in [5.74, 6) is 0.788. The fourth-order valence-corrected chi connectivity index (χ4v) is 4.12. The molecule has 1 saturated carbocycles. The van der Waals surface area contributed by atoms with Crippen molar-refractivity contribution in [1.82, 2.24) is 14.8 Å². The molecule has 154 valence electrons. The molecule has 2 heterocycles. The Bertz CT molecular complexity index is 886. The minimum absolute atomic E-state index is 0.0196. The van der Waals surface area contributed by atoms with Gasteiger partial charge in [0.05, 0.1) is 25.2 Å². The van der Waals surface area contributed by atoms with Crippen molar-refractivity contribution < 1.29 is 19.1 Å². The first kappa shape index (κ1) is 19.5. The third-order valence-electron chi connectivity index (χ3n) is 6.02. The number of nitrogens with one attached hydrogen (secondary N) is 1. The van der Waals surface area contributed by atoms with Gasteiger partial charge in [0.1, 0.15) is 11.4 Å². The van der Waals surface area contributed by atoms with Gasteiger partial charge in [-0.15, -0.1) is 0 Å². The molecule has 1 aromatic heterocycles. The van der Waals surface area contributed by atoms with Gasteiger partial charge in [-0.2, -0.15) is 0 Å². The summed E-state index contributed by atoms with van der Waals surface area (Å²) >= 11 is 0. The minimum atomic E-state index is -0.457. The first-order chi connectivity index (χ1) is 14.1. The van der Waals surface area contributed by atoms with E-state index in [1.54, 1.807) is 14.2 Å². The lowest BCUT2D eigenvalue weighted by Gasteiger charge is -2.37. The van der Waals surface area contributed by atoms with Crippen molar-refractivity contribution >= 4 is 11.8 Å². The van der Waals surface area contributed by atoms with E-state index in [9.17, 15) is 9.59 Å². The maximum atomic E-state index is 13.0. The molecule has 0 bridgehead atoms. The maximum absolute atomic E-state index is 13.0. The summed E-state index contributed by atoms with van der Waals surface area (Å²) in [6.45, 7) is 2.05. The molecular weight excluding hydrogens is 370 g/mol. The van der Waals surface area contributed by atoms with Crippen LogP contribution in [0.3, 0.4) is 0 Å². The second-order valence-corrected chi connectivity index (χ2v) is 7.71. The van der Waals surface area contributed by atoms with Crippen LogP contribution in [0.5, 0.6) is 5.75 Å². The van der Waals surface area contributed by atoms with E-state index in [1.165, 1.54) is 0 Å². The summed E-state index contributed by atoms with van der Waals surface area (Å²) in [6, 6.07) is 11.3. The highest BCUT2D eigenvalue weighted by atomic mass is 16.5. The topological polar surface area (TPSA) is 72.8 Å². The Hall–Kier alpha value is -2.80. The number of carbonyl (C=O) groups is 2. The first-order valence-electron chi connectivity index (χ1n) is 9.97. The van der Waals surface area contributed by atoms with Crippen LogP contribution in [0.25, 0.3) is 0 Å². The second-order valence-electron chi connectivity index (χ2n) is 7.71. The fourth-order valence-electron chi connectivity index (χ4n) is 4.12. The molecule has 0 spiro atoms. The average molecular weight is 397 g/mol. The quantitative estimate of drug-likeness (QED) is 0.738. The summed E-state index contributed by atoms with van der Waals surface area (Å²) in [5.41, 5.74) is 1.24. The van der Waals surface area contributed by atoms with Crippen molar-refractivity contribution in [2.45, 2.75) is 30.8 Å². The molecule has 4 rings (SSSR count). The number of fused-ring (bicyclic) bond motifs is 1. The van der Waals surface area contributed by atoms with Gasteiger partial charge in [0.15, 0.2) is 0 Å². The number of nitrogens with zero attached hydrogens (tertiary/aromatic N) is 2. The Morgan fingerprint density at radius 2 is 1.97 bits per heavy atom. The zero-order valence-electron chi connectivity index (χ0n) is 16.9.